The number of benzene rings is 1. The predicted molar refractivity (Wildman–Crippen MR) is 111 cm³/mol. The lowest BCUT2D eigenvalue weighted by Gasteiger charge is -2.43. The highest BCUT2D eigenvalue weighted by Gasteiger charge is 2.55. The summed E-state index contributed by atoms with van der Waals surface area (Å²) in [7, 11) is 3.84. The lowest BCUT2D eigenvalue weighted by atomic mass is 9.80. The standard InChI is InChI=1S/C22H30N4O3/c1-23-18-6-4-3-5-16(18)15-7-11-26(12-8-15)21(28)19-17(20(27)24-29)13-22(9-10-22)14-25(19)2/h3-7,17,19,23,29H,8-14H2,1-2H3,(H,24,27)/t17-,19-/m0/s1. The minimum atomic E-state index is -0.520. The first kappa shape index (κ1) is 19.9. The molecule has 1 aromatic carbocycles. The fraction of sp³-hybridized carbons (Fsp3) is 0.545. The van der Waals surface area contributed by atoms with Crippen LogP contribution in [0.1, 0.15) is 31.2 Å². The number of hydrogen-bond acceptors (Lipinski definition) is 5. The van der Waals surface area contributed by atoms with Gasteiger partial charge >= 0.3 is 0 Å². The van der Waals surface area contributed by atoms with Gasteiger partial charge in [0.2, 0.25) is 11.8 Å². The number of hydroxylamine groups is 1. The minimum Gasteiger partial charge on any atom is -0.388 e. The largest absolute Gasteiger partial charge is 0.388 e. The zero-order valence-corrected chi connectivity index (χ0v) is 17.1. The first-order valence-electron chi connectivity index (χ1n) is 10.4. The Morgan fingerprint density at radius 2 is 2.00 bits per heavy atom. The molecule has 1 spiro atoms. The SMILES string of the molecule is CNc1ccccc1C1=CCN(C(=O)[C@@H]2[C@@H](C(=O)NO)CC3(CC3)CN2C)CC1. The van der Waals surface area contributed by atoms with Gasteiger partial charge in [-0.25, -0.2) is 5.48 Å². The fourth-order valence-electron chi connectivity index (χ4n) is 5.08. The van der Waals surface area contributed by atoms with E-state index < -0.39 is 17.9 Å². The van der Waals surface area contributed by atoms with Gasteiger partial charge < -0.3 is 10.2 Å². The number of nitrogens with one attached hydrogen (secondary N) is 2. The first-order chi connectivity index (χ1) is 14.0. The number of carbonyl (C=O) groups is 2. The van der Waals surface area contributed by atoms with E-state index in [1.54, 1.807) is 5.48 Å². The van der Waals surface area contributed by atoms with E-state index in [4.69, 9.17) is 0 Å². The van der Waals surface area contributed by atoms with E-state index >= 15 is 0 Å². The van der Waals surface area contributed by atoms with Gasteiger partial charge in [-0.2, -0.15) is 0 Å². The third-order valence-corrected chi connectivity index (χ3v) is 6.81. The van der Waals surface area contributed by atoms with Crippen molar-refractivity contribution in [1.82, 2.24) is 15.3 Å². The van der Waals surface area contributed by atoms with Crippen molar-refractivity contribution in [3.8, 4) is 0 Å². The Balaban J connectivity index is 1.51. The molecule has 2 atom stereocenters. The van der Waals surface area contributed by atoms with Crippen molar-refractivity contribution in [3.63, 3.8) is 0 Å². The Morgan fingerprint density at radius 1 is 1.24 bits per heavy atom. The zero-order chi connectivity index (χ0) is 20.6. The third kappa shape index (κ3) is 3.76. The van der Waals surface area contributed by atoms with Gasteiger partial charge in [0.15, 0.2) is 0 Å². The van der Waals surface area contributed by atoms with Crippen molar-refractivity contribution in [2.75, 3.05) is 39.0 Å². The highest BCUT2D eigenvalue weighted by Crippen LogP contribution is 2.54. The molecule has 1 aliphatic carbocycles. The molecule has 7 nitrogen and oxygen atoms in total. The van der Waals surface area contributed by atoms with Gasteiger partial charge in [-0.1, -0.05) is 24.3 Å². The van der Waals surface area contributed by atoms with E-state index in [0.29, 0.717) is 19.5 Å². The molecular formula is C22H30N4O3. The number of anilines is 1. The number of piperidine rings is 1. The lowest BCUT2D eigenvalue weighted by Crippen LogP contribution is -2.59. The Labute approximate surface area is 171 Å². The summed E-state index contributed by atoms with van der Waals surface area (Å²) in [6.07, 6.45) is 5.75. The van der Waals surface area contributed by atoms with Crippen molar-refractivity contribution < 1.29 is 14.8 Å². The summed E-state index contributed by atoms with van der Waals surface area (Å²) in [5.74, 6) is -0.977. The first-order valence-corrected chi connectivity index (χ1v) is 10.4. The number of likely N-dealkylation sites (N-methyl/N-ethyl adjacent to an activating group) is 1. The molecule has 1 saturated heterocycles. The molecule has 7 heteroatoms. The van der Waals surface area contributed by atoms with Crippen molar-refractivity contribution in [2.24, 2.45) is 11.3 Å². The molecule has 0 bridgehead atoms. The summed E-state index contributed by atoms with van der Waals surface area (Å²) in [6, 6.07) is 7.66. The van der Waals surface area contributed by atoms with Crippen LogP contribution in [0.25, 0.3) is 5.57 Å². The second-order valence-electron chi connectivity index (χ2n) is 8.71. The van der Waals surface area contributed by atoms with Gasteiger partial charge in [-0.3, -0.25) is 19.7 Å². The quantitative estimate of drug-likeness (QED) is 0.533. The summed E-state index contributed by atoms with van der Waals surface area (Å²) in [4.78, 5) is 29.6. The highest BCUT2D eigenvalue weighted by molar-refractivity contribution is 5.91. The van der Waals surface area contributed by atoms with Gasteiger partial charge in [0.25, 0.3) is 0 Å². The molecule has 1 saturated carbocycles. The molecule has 4 rings (SSSR count). The highest BCUT2D eigenvalue weighted by atomic mass is 16.5. The number of para-hydroxylation sites is 1. The van der Waals surface area contributed by atoms with E-state index in [1.807, 2.05) is 36.0 Å². The fourth-order valence-corrected chi connectivity index (χ4v) is 5.08. The molecular weight excluding hydrogens is 368 g/mol. The maximum atomic E-state index is 13.4. The third-order valence-electron chi connectivity index (χ3n) is 6.81. The number of rotatable bonds is 4. The molecule has 156 valence electrons. The molecule has 2 heterocycles. The van der Waals surface area contributed by atoms with Crippen molar-refractivity contribution >= 4 is 23.1 Å². The summed E-state index contributed by atoms with van der Waals surface area (Å²) < 4.78 is 0. The topological polar surface area (TPSA) is 84.9 Å². The number of hydrogen-bond donors (Lipinski definition) is 3. The van der Waals surface area contributed by atoms with E-state index in [1.165, 1.54) is 11.1 Å². The van der Waals surface area contributed by atoms with Crippen molar-refractivity contribution in [2.45, 2.75) is 31.7 Å². The Kier molecular flexibility index (Phi) is 5.36. The average molecular weight is 399 g/mol. The second kappa shape index (κ2) is 7.80. The number of nitrogens with zero attached hydrogens (tertiary/aromatic N) is 2. The normalized spacial score (nSPS) is 26.0. The monoisotopic (exact) mass is 398 g/mol. The van der Waals surface area contributed by atoms with Crippen LogP contribution in [-0.4, -0.2) is 66.6 Å². The van der Waals surface area contributed by atoms with Crippen LogP contribution in [0, 0.1) is 11.3 Å². The predicted octanol–water partition coefficient (Wildman–Crippen LogP) is 1.95. The molecule has 29 heavy (non-hydrogen) atoms. The average Bonchev–Trinajstić information content (AvgIpc) is 3.50. The van der Waals surface area contributed by atoms with Crippen molar-refractivity contribution in [3.05, 3.63) is 35.9 Å². The molecule has 2 amide bonds. The van der Waals surface area contributed by atoms with Gasteiger partial charge in [0.05, 0.1) is 5.92 Å². The van der Waals surface area contributed by atoms with E-state index in [2.05, 4.69) is 23.5 Å². The van der Waals surface area contributed by atoms with E-state index in [-0.39, 0.29) is 11.3 Å². The van der Waals surface area contributed by atoms with Crippen molar-refractivity contribution in [1.29, 1.82) is 0 Å². The molecule has 1 aromatic rings. The summed E-state index contributed by atoms with van der Waals surface area (Å²) in [5.41, 5.74) is 5.43. The van der Waals surface area contributed by atoms with Gasteiger partial charge in [-0.15, -0.1) is 0 Å². The number of likely N-dealkylation sites (tertiary alicyclic amines) is 1. The smallest absolute Gasteiger partial charge is 0.248 e. The van der Waals surface area contributed by atoms with Crippen LogP contribution >= 0.6 is 0 Å². The number of amides is 2. The maximum Gasteiger partial charge on any atom is 0.248 e. The summed E-state index contributed by atoms with van der Waals surface area (Å²) in [5, 5.41) is 12.5. The van der Waals surface area contributed by atoms with Crippen LogP contribution in [0.15, 0.2) is 30.3 Å². The van der Waals surface area contributed by atoms with Gasteiger partial charge in [0.1, 0.15) is 6.04 Å². The van der Waals surface area contributed by atoms with Crippen LogP contribution in [-0.2, 0) is 9.59 Å². The zero-order valence-electron chi connectivity index (χ0n) is 17.1. The molecule has 2 aliphatic heterocycles. The Morgan fingerprint density at radius 3 is 2.62 bits per heavy atom. The van der Waals surface area contributed by atoms with Crippen LogP contribution < -0.4 is 10.8 Å². The molecule has 0 radical (unpaired) electrons. The lowest BCUT2D eigenvalue weighted by molar-refractivity contribution is -0.150. The van der Waals surface area contributed by atoms with Crippen LogP contribution in [0.3, 0.4) is 0 Å². The Bertz CT molecular complexity index is 833. The minimum absolute atomic E-state index is 0.0196. The molecule has 3 aliphatic rings. The summed E-state index contributed by atoms with van der Waals surface area (Å²) >= 11 is 0. The maximum absolute atomic E-state index is 13.4. The molecule has 3 N–H and O–H groups in total. The molecule has 0 aromatic heterocycles. The van der Waals surface area contributed by atoms with Crippen LogP contribution in [0.4, 0.5) is 5.69 Å². The van der Waals surface area contributed by atoms with E-state index in [0.717, 1.165) is 31.5 Å². The Hall–Kier alpha value is -2.38. The van der Waals surface area contributed by atoms with Gasteiger partial charge in [-0.05, 0) is 49.8 Å². The summed E-state index contributed by atoms with van der Waals surface area (Å²) in [6.45, 7) is 2.00. The van der Waals surface area contributed by atoms with Crippen LogP contribution in [0.5, 0.6) is 0 Å². The molecule has 2 fully saturated rings. The molecule has 0 unspecified atom stereocenters. The van der Waals surface area contributed by atoms with Gasteiger partial charge in [0, 0.05) is 37.9 Å². The van der Waals surface area contributed by atoms with Crippen LogP contribution in [0.2, 0.25) is 0 Å². The van der Waals surface area contributed by atoms with E-state index in [9.17, 15) is 14.8 Å². The second-order valence-corrected chi connectivity index (χ2v) is 8.71. The number of carbonyl (C=O) groups excluding carboxylic acids is 2.